The Morgan fingerprint density at radius 2 is 1.66 bits per heavy atom. The van der Waals surface area contributed by atoms with Crippen molar-refractivity contribution in [3.05, 3.63) is 86.6 Å². The summed E-state index contributed by atoms with van der Waals surface area (Å²) < 4.78 is 0. The summed E-state index contributed by atoms with van der Waals surface area (Å²) in [6, 6.07) is 13.0. The van der Waals surface area contributed by atoms with Crippen molar-refractivity contribution in [1.29, 1.82) is 0 Å². The Hall–Kier alpha value is -3.45. The molecule has 1 atom stereocenters. The van der Waals surface area contributed by atoms with Gasteiger partial charge in [0, 0.05) is 5.69 Å². The molecule has 0 aliphatic carbocycles. The van der Waals surface area contributed by atoms with E-state index in [1.165, 1.54) is 28.4 Å². The zero-order valence-electron chi connectivity index (χ0n) is 18.3. The van der Waals surface area contributed by atoms with E-state index in [9.17, 15) is 19.8 Å². The van der Waals surface area contributed by atoms with Crippen molar-refractivity contribution < 1.29 is 19.8 Å². The van der Waals surface area contributed by atoms with Gasteiger partial charge < -0.3 is 10.2 Å². The van der Waals surface area contributed by atoms with E-state index in [0.717, 1.165) is 10.6 Å². The molecule has 2 aromatic carbocycles. The van der Waals surface area contributed by atoms with Crippen molar-refractivity contribution in [2.75, 3.05) is 4.90 Å². The van der Waals surface area contributed by atoms with Crippen molar-refractivity contribution >= 4 is 28.7 Å². The number of aromatic nitrogens is 1. The Morgan fingerprint density at radius 3 is 2.19 bits per heavy atom. The number of anilines is 1. The van der Waals surface area contributed by atoms with Crippen LogP contribution in [0.25, 0.3) is 0 Å². The number of aromatic hydroxyl groups is 1. The first-order valence-electron chi connectivity index (χ1n) is 10.3. The quantitative estimate of drug-likeness (QED) is 0.512. The maximum absolute atomic E-state index is 13.5. The van der Waals surface area contributed by atoms with Crippen molar-refractivity contribution in [3.63, 3.8) is 0 Å². The number of Topliss-reactive ketones (excluding diaryl/α,β-unsaturated/α-hetero) is 1. The maximum atomic E-state index is 13.5. The van der Waals surface area contributed by atoms with E-state index in [0.29, 0.717) is 27.7 Å². The number of aryl methyl sites for hydroxylation is 2. The smallest absolute Gasteiger partial charge is 0.294 e. The van der Waals surface area contributed by atoms with Crippen LogP contribution in [0.4, 0.5) is 5.69 Å². The molecular formula is C25H24N2O4S. The SMILES string of the molecule is Cc1nc(C)c(C(=O)C2=C(O)C(=O)N(c3ccc(C(C)C)cc3)C2c2ccc(O)cc2)s1. The van der Waals surface area contributed by atoms with Gasteiger partial charge in [-0.1, -0.05) is 38.1 Å². The molecule has 4 rings (SSSR count). The molecule has 2 N–H and O–H groups in total. The first kappa shape index (κ1) is 21.8. The van der Waals surface area contributed by atoms with Crippen LogP contribution < -0.4 is 4.90 Å². The number of amides is 1. The lowest BCUT2D eigenvalue weighted by atomic mass is 9.94. The minimum absolute atomic E-state index is 0.0142. The number of rotatable bonds is 5. The van der Waals surface area contributed by atoms with Crippen molar-refractivity contribution in [3.8, 4) is 5.75 Å². The number of hydrogen-bond donors (Lipinski definition) is 2. The molecule has 164 valence electrons. The molecule has 1 unspecified atom stereocenters. The van der Waals surface area contributed by atoms with Gasteiger partial charge in [-0.15, -0.1) is 11.3 Å². The molecule has 0 saturated heterocycles. The van der Waals surface area contributed by atoms with Crippen LogP contribution in [0.2, 0.25) is 0 Å². The molecular weight excluding hydrogens is 424 g/mol. The predicted molar refractivity (Wildman–Crippen MR) is 124 cm³/mol. The maximum Gasteiger partial charge on any atom is 0.294 e. The zero-order chi connectivity index (χ0) is 23.2. The Morgan fingerprint density at radius 1 is 1.03 bits per heavy atom. The summed E-state index contributed by atoms with van der Waals surface area (Å²) in [6.07, 6.45) is 0. The summed E-state index contributed by atoms with van der Waals surface area (Å²) in [6.45, 7) is 7.71. The van der Waals surface area contributed by atoms with Crippen molar-refractivity contribution in [1.82, 2.24) is 4.98 Å². The molecule has 0 saturated carbocycles. The van der Waals surface area contributed by atoms with Gasteiger partial charge in [0.1, 0.15) is 5.75 Å². The second-order valence-electron chi connectivity index (χ2n) is 8.15. The lowest BCUT2D eigenvalue weighted by Gasteiger charge is -2.27. The number of benzene rings is 2. The van der Waals surface area contributed by atoms with Gasteiger partial charge in [-0.2, -0.15) is 0 Å². The molecule has 0 bridgehead atoms. The van der Waals surface area contributed by atoms with Gasteiger partial charge >= 0.3 is 0 Å². The second-order valence-corrected chi connectivity index (χ2v) is 9.36. The van der Waals surface area contributed by atoms with Gasteiger partial charge in [0.2, 0.25) is 5.78 Å². The number of aliphatic hydroxyl groups excluding tert-OH is 1. The second kappa shape index (κ2) is 8.24. The highest BCUT2D eigenvalue weighted by atomic mass is 32.1. The van der Waals surface area contributed by atoms with Crippen LogP contribution in [-0.2, 0) is 4.79 Å². The number of thiazole rings is 1. The number of ketones is 1. The normalized spacial score (nSPS) is 16.3. The third-order valence-electron chi connectivity index (χ3n) is 5.61. The standard InChI is InChI=1S/C25H24N2O4S/c1-13(2)16-5-9-18(10-6-16)27-21(17-7-11-19(28)12-8-17)20(23(30)25(27)31)22(29)24-14(3)26-15(4)32-24/h5-13,21,28,30H,1-4H3. The summed E-state index contributed by atoms with van der Waals surface area (Å²) in [5, 5.41) is 21.3. The molecule has 32 heavy (non-hydrogen) atoms. The number of carbonyl (C=O) groups is 2. The summed E-state index contributed by atoms with van der Waals surface area (Å²) in [7, 11) is 0. The van der Waals surface area contributed by atoms with Gasteiger partial charge in [0.05, 0.1) is 27.2 Å². The number of hydrogen-bond acceptors (Lipinski definition) is 6. The lowest BCUT2D eigenvalue weighted by molar-refractivity contribution is -0.117. The molecule has 1 amide bonds. The van der Waals surface area contributed by atoms with E-state index in [-0.39, 0.29) is 11.3 Å². The topological polar surface area (TPSA) is 90.7 Å². The fourth-order valence-electron chi connectivity index (χ4n) is 3.96. The molecule has 0 fully saturated rings. The van der Waals surface area contributed by atoms with Gasteiger partial charge in [-0.3, -0.25) is 14.5 Å². The highest BCUT2D eigenvalue weighted by molar-refractivity contribution is 7.14. The van der Waals surface area contributed by atoms with E-state index in [1.807, 2.05) is 31.2 Å². The monoisotopic (exact) mass is 448 g/mol. The van der Waals surface area contributed by atoms with E-state index < -0.39 is 23.5 Å². The molecule has 2 heterocycles. The van der Waals surface area contributed by atoms with E-state index in [2.05, 4.69) is 18.8 Å². The highest BCUT2D eigenvalue weighted by Crippen LogP contribution is 2.43. The van der Waals surface area contributed by atoms with Gasteiger partial charge in [-0.05, 0) is 55.2 Å². The average molecular weight is 449 g/mol. The summed E-state index contributed by atoms with van der Waals surface area (Å²) in [4.78, 5) is 32.9. The lowest BCUT2D eigenvalue weighted by Crippen LogP contribution is -2.31. The number of phenolic OH excluding ortho intramolecular Hbond substituents is 1. The first-order chi connectivity index (χ1) is 15.2. The Balaban J connectivity index is 1.86. The van der Waals surface area contributed by atoms with Gasteiger partial charge in [0.15, 0.2) is 5.76 Å². The minimum Gasteiger partial charge on any atom is -0.508 e. The Kier molecular flexibility index (Phi) is 5.60. The largest absolute Gasteiger partial charge is 0.508 e. The molecule has 0 radical (unpaired) electrons. The fraction of sp³-hybridized carbons (Fsp3) is 0.240. The van der Waals surface area contributed by atoms with E-state index in [4.69, 9.17) is 0 Å². The van der Waals surface area contributed by atoms with E-state index >= 15 is 0 Å². The molecule has 1 aliphatic rings. The third kappa shape index (κ3) is 3.69. The Labute approximate surface area is 190 Å². The number of aliphatic hydroxyl groups is 1. The van der Waals surface area contributed by atoms with Crippen molar-refractivity contribution in [2.45, 2.75) is 39.7 Å². The molecule has 0 spiro atoms. The summed E-state index contributed by atoms with van der Waals surface area (Å²) >= 11 is 1.24. The number of carbonyl (C=O) groups excluding carboxylic acids is 2. The van der Waals surface area contributed by atoms with Gasteiger partial charge in [-0.25, -0.2) is 4.98 Å². The Bertz CT molecular complexity index is 1220. The molecule has 1 aromatic heterocycles. The zero-order valence-corrected chi connectivity index (χ0v) is 19.1. The van der Waals surface area contributed by atoms with Crippen LogP contribution in [0, 0.1) is 13.8 Å². The van der Waals surface area contributed by atoms with E-state index in [1.54, 1.807) is 19.1 Å². The van der Waals surface area contributed by atoms with Crippen LogP contribution >= 0.6 is 11.3 Å². The third-order valence-corrected chi connectivity index (χ3v) is 6.68. The average Bonchev–Trinajstić information content (AvgIpc) is 3.24. The van der Waals surface area contributed by atoms with Gasteiger partial charge in [0.25, 0.3) is 5.91 Å². The number of nitrogens with zero attached hydrogens (tertiary/aromatic N) is 2. The summed E-state index contributed by atoms with van der Waals surface area (Å²) in [5.74, 6) is -1.22. The highest BCUT2D eigenvalue weighted by Gasteiger charge is 2.45. The molecule has 1 aliphatic heterocycles. The van der Waals surface area contributed by atoms with Crippen LogP contribution in [0.15, 0.2) is 59.9 Å². The van der Waals surface area contributed by atoms with Crippen LogP contribution in [0.1, 0.15) is 57.3 Å². The predicted octanol–water partition coefficient (Wildman–Crippen LogP) is 5.37. The van der Waals surface area contributed by atoms with Crippen LogP contribution in [-0.4, -0.2) is 26.9 Å². The van der Waals surface area contributed by atoms with Crippen molar-refractivity contribution in [2.24, 2.45) is 0 Å². The van der Waals surface area contributed by atoms with Crippen LogP contribution in [0.3, 0.4) is 0 Å². The fourth-order valence-corrected chi connectivity index (χ4v) is 4.83. The van der Waals surface area contributed by atoms with Crippen LogP contribution in [0.5, 0.6) is 5.75 Å². The first-order valence-corrected chi connectivity index (χ1v) is 11.1. The molecule has 3 aromatic rings. The molecule has 6 nitrogen and oxygen atoms in total. The minimum atomic E-state index is -0.831. The molecule has 7 heteroatoms. The number of phenols is 1. The summed E-state index contributed by atoms with van der Waals surface area (Å²) in [5.41, 5.74) is 2.88.